The molecular formula is C25H34N2O3. The Morgan fingerprint density at radius 2 is 1.73 bits per heavy atom. The van der Waals surface area contributed by atoms with Crippen LogP contribution in [-0.4, -0.2) is 35.4 Å². The second kappa shape index (κ2) is 10.8. The van der Waals surface area contributed by atoms with Crippen LogP contribution in [0, 0.1) is 20.8 Å². The Hall–Kier alpha value is -2.82. The number of amides is 2. The summed E-state index contributed by atoms with van der Waals surface area (Å²) in [6, 6.07) is 13.3. The number of aryl methyl sites for hydroxylation is 3. The third-order valence-corrected chi connectivity index (χ3v) is 5.30. The van der Waals surface area contributed by atoms with E-state index in [1.807, 2.05) is 77.1 Å². The third kappa shape index (κ3) is 6.61. The van der Waals surface area contributed by atoms with Crippen molar-refractivity contribution in [3.63, 3.8) is 0 Å². The van der Waals surface area contributed by atoms with Crippen LogP contribution < -0.4 is 10.1 Å². The molecule has 0 radical (unpaired) electrons. The summed E-state index contributed by atoms with van der Waals surface area (Å²) in [4.78, 5) is 27.5. The van der Waals surface area contributed by atoms with Crippen LogP contribution in [0.15, 0.2) is 42.5 Å². The van der Waals surface area contributed by atoms with E-state index in [0.717, 1.165) is 28.7 Å². The van der Waals surface area contributed by atoms with Crippen LogP contribution in [-0.2, 0) is 16.1 Å². The fraction of sp³-hybridized carbons (Fsp3) is 0.440. The summed E-state index contributed by atoms with van der Waals surface area (Å²) in [5.74, 6) is 0.317. The van der Waals surface area contributed by atoms with Crippen molar-refractivity contribution in [2.45, 2.75) is 66.6 Å². The Morgan fingerprint density at radius 1 is 1.03 bits per heavy atom. The first-order valence-electron chi connectivity index (χ1n) is 10.6. The smallest absolute Gasteiger partial charge is 0.261 e. The first kappa shape index (κ1) is 23.5. The minimum absolute atomic E-state index is 0.0575. The van der Waals surface area contributed by atoms with Crippen molar-refractivity contribution in [1.29, 1.82) is 0 Å². The van der Waals surface area contributed by atoms with E-state index < -0.39 is 6.04 Å². The number of rotatable bonds is 9. The molecule has 30 heavy (non-hydrogen) atoms. The highest BCUT2D eigenvalue weighted by Gasteiger charge is 2.27. The van der Waals surface area contributed by atoms with Gasteiger partial charge in [0, 0.05) is 12.6 Å². The molecule has 0 heterocycles. The highest BCUT2D eigenvalue weighted by atomic mass is 16.5. The molecular weight excluding hydrogens is 376 g/mol. The van der Waals surface area contributed by atoms with Crippen molar-refractivity contribution in [1.82, 2.24) is 10.2 Å². The summed E-state index contributed by atoms with van der Waals surface area (Å²) in [5.41, 5.74) is 4.14. The Bertz CT molecular complexity index is 878. The fourth-order valence-corrected chi connectivity index (χ4v) is 3.14. The maximum Gasteiger partial charge on any atom is 0.261 e. The summed E-state index contributed by atoms with van der Waals surface area (Å²) < 4.78 is 5.83. The van der Waals surface area contributed by atoms with Crippen LogP contribution in [0.2, 0.25) is 0 Å². The van der Waals surface area contributed by atoms with Crippen LogP contribution in [0.25, 0.3) is 0 Å². The summed E-state index contributed by atoms with van der Waals surface area (Å²) in [6.07, 6.45) is 0.833. The van der Waals surface area contributed by atoms with Crippen molar-refractivity contribution in [2.75, 3.05) is 6.61 Å². The molecule has 0 aliphatic rings. The molecule has 0 spiro atoms. The molecule has 0 bridgehead atoms. The Balaban J connectivity index is 2.19. The van der Waals surface area contributed by atoms with Crippen LogP contribution in [0.4, 0.5) is 0 Å². The molecule has 2 aromatic carbocycles. The zero-order valence-electron chi connectivity index (χ0n) is 19.0. The number of hydrogen-bond donors (Lipinski definition) is 1. The highest BCUT2D eigenvalue weighted by Crippen LogP contribution is 2.20. The van der Waals surface area contributed by atoms with Crippen molar-refractivity contribution >= 4 is 11.8 Å². The number of carbonyl (C=O) groups excluding carboxylic acids is 2. The van der Waals surface area contributed by atoms with E-state index in [1.165, 1.54) is 0 Å². The van der Waals surface area contributed by atoms with Gasteiger partial charge in [-0.2, -0.15) is 0 Å². The number of hydrogen-bond acceptors (Lipinski definition) is 3. The minimum atomic E-state index is -0.603. The first-order chi connectivity index (χ1) is 14.2. The molecule has 0 saturated carbocycles. The zero-order valence-corrected chi connectivity index (χ0v) is 19.0. The topological polar surface area (TPSA) is 58.6 Å². The van der Waals surface area contributed by atoms with Gasteiger partial charge in [-0.25, -0.2) is 0 Å². The fourth-order valence-electron chi connectivity index (χ4n) is 3.14. The van der Waals surface area contributed by atoms with Crippen LogP contribution in [0.5, 0.6) is 5.75 Å². The number of ether oxygens (including phenoxy) is 1. The Kier molecular flexibility index (Phi) is 8.46. The van der Waals surface area contributed by atoms with Gasteiger partial charge < -0.3 is 15.0 Å². The lowest BCUT2D eigenvalue weighted by Crippen LogP contribution is -2.50. The van der Waals surface area contributed by atoms with Crippen LogP contribution in [0.1, 0.15) is 49.4 Å². The van der Waals surface area contributed by atoms with E-state index in [4.69, 9.17) is 4.74 Å². The zero-order chi connectivity index (χ0) is 22.3. The number of nitrogens with zero attached hydrogens (tertiary/aromatic N) is 1. The van der Waals surface area contributed by atoms with Gasteiger partial charge in [0.15, 0.2) is 6.61 Å². The number of carbonyl (C=O) groups is 2. The van der Waals surface area contributed by atoms with Gasteiger partial charge in [-0.15, -0.1) is 0 Å². The first-order valence-corrected chi connectivity index (χ1v) is 10.6. The maximum absolute atomic E-state index is 13.1. The van der Waals surface area contributed by atoms with Crippen molar-refractivity contribution in [3.8, 4) is 5.75 Å². The molecule has 2 rings (SSSR count). The van der Waals surface area contributed by atoms with Gasteiger partial charge in [-0.3, -0.25) is 9.59 Å². The van der Waals surface area contributed by atoms with Crippen molar-refractivity contribution in [2.24, 2.45) is 0 Å². The van der Waals surface area contributed by atoms with Gasteiger partial charge in [-0.05, 0) is 63.8 Å². The lowest BCUT2D eigenvalue weighted by atomic mass is 10.1. The highest BCUT2D eigenvalue weighted by molar-refractivity contribution is 5.88. The molecule has 2 unspecified atom stereocenters. The normalized spacial score (nSPS) is 12.7. The van der Waals surface area contributed by atoms with Crippen LogP contribution >= 0.6 is 0 Å². The number of benzene rings is 2. The van der Waals surface area contributed by atoms with Gasteiger partial charge in [0.1, 0.15) is 11.8 Å². The van der Waals surface area contributed by atoms with E-state index in [-0.39, 0.29) is 24.5 Å². The molecule has 5 nitrogen and oxygen atoms in total. The second-order valence-electron chi connectivity index (χ2n) is 8.06. The monoisotopic (exact) mass is 410 g/mol. The molecule has 2 aromatic rings. The molecule has 5 heteroatoms. The third-order valence-electron chi connectivity index (χ3n) is 5.30. The SMILES string of the molecule is CCC(C)NC(=O)C(C)N(Cc1cccc(C)c1)C(=O)COc1cc(C)ccc1C. The van der Waals surface area contributed by atoms with Gasteiger partial charge >= 0.3 is 0 Å². The predicted octanol–water partition coefficient (Wildman–Crippen LogP) is 4.32. The minimum Gasteiger partial charge on any atom is -0.483 e. The van der Waals surface area contributed by atoms with E-state index in [1.54, 1.807) is 11.8 Å². The summed E-state index contributed by atoms with van der Waals surface area (Å²) in [7, 11) is 0. The summed E-state index contributed by atoms with van der Waals surface area (Å²) in [6.45, 7) is 11.9. The van der Waals surface area contributed by atoms with Gasteiger partial charge in [0.05, 0.1) is 0 Å². The van der Waals surface area contributed by atoms with E-state index in [9.17, 15) is 9.59 Å². The van der Waals surface area contributed by atoms with E-state index in [2.05, 4.69) is 5.32 Å². The lowest BCUT2D eigenvalue weighted by molar-refractivity contribution is -0.142. The molecule has 2 amide bonds. The van der Waals surface area contributed by atoms with E-state index >= 15 is 0 Å². The predicted molar refractivity (Wildman–Crippen MR) is 120 cm³/mol. The van der Waals surface area contributed by atoms with Crippen molar-refractivity contribution < 1.29 is 14.3 Å². The molecule has 0 aliphatic carbocycles. The van der Waals surface area contributed by atoms with Crippen LogP contribution in [0.3, 0.4) is 0 Å². The molecule has 0 saturated heterocycles. The van der Waals surface area contributed by atoms with Gasteiger partial charge in [0.25, 0.3) is 5.91 Å². The molecule has 162 valence electrons. The number of nitrogens with one attached hydrogen (secondary N) is 1. The summed E-state index contributed by atoms with van der Waals surface area (Å²) >= 11 is 0. The summed E-state index contributed by atoms with van der Waals surface area (Å²) in [5, 5.41) is 2.98. The van der Waals surface area contributed by atoms with Gasteiger partial charge in [-0.1, -0.05) is 48.9 Å². The quantitative estimate of drug-likeness (QED) is 0.670. The molecule has 2 atom stereocenters. The Labute approximate surface area is 180 Å². The lowest BCUT2D eigenvalue weighted by Gasteiger charge is -2.29. The average Bonchev–Trinajstić information content (AvgIpc) is 2.71. The Morgan fingerprint density at radius 3 is 2.40 bits per heavy atom. The standard InChI is InChI=1S/C25H34N2O3/c1-7-20(5)26-25(29)21(6)27(15-22-10-8-9-17(2)13-22)24(28)16-30-23-14-18(3)11-12-19(23)4/h8-14,20-21H,7,15-16H2,1-6H3,(H,26,29). The largest absolute Gasteiger partial charge is 0.483 e. The van der Waals surface area contributed by atoms with Crippen molar-refractivity contribution in [3.05, 3.63) is 64.7 Å². The van der Waals surface area contributed by atoms with Gasteiger partial charge in [0.2, 0.25) is 5.91 Å². The maximum atomic E-state index is 13.1. The molecule has 0 fully saturated rings. The molecule has 0 aliphatic heterocycles. The second-order valence-corrected chi connectivity index (χ2v) is 8.06. The average molecular weight is 411 g/mol. The molecule has 1 N–H and O–H groups in total. The molecule has 0 aromatic heterocycles. The van der Waals surface area contributed by atoms with E-state index in [0.29, 0.717) is 12.3 Å².